The second-order valence-electron chi connectivity index (χ2n) is 7.08. The number of unbranched alkanes of at least 4 members (excludes halogenated alkanes) is 1. The molecule has 1 aliphatic rings. The van der Waals surface area contributed by atoms with Crippen LogP contribution >= 0.6 is 12.4 Å². The Morgan fingerprint density at radius 2 is 1.86 bits per heavy atom. The van der Waals surface area contributed by atoms with E-state index in [-0.39, 0.29) is 24.5 Å². The maximum absolute atomic E-state index is 12.2. The Kier molecular flexibility index (Phi) is 11.6. The molecule has 1 saturated heterocycles. The lowest BCUT2D eigenvalue weighted by Gasteiger charge is -2.27. The summed E-state index contributed by atoms with van der Waals surface area (Å²) in [7, 11) is 0. The number of nitrogens with one attached hydrogen (secondary N) is 2. The van der Waals surface area contributed by atoms with Crippen LogP contribution in [0, 0.1) is 0 Å². The number of hydrogen-bond donors (Lipinski definition) is 4. The number of halogens is 1. The normalized spacial score (nSPS) is 16.9. The number of carbonyl (C=O) groups excluding carboxylic acids is 2. The molecule has 0 aromatic heterocycles. The van der Waals surface area contributed by atoms with Gasteiger partial charge in [-0.1, -0.05) is 36.8 Å². The fourth-order valence-corrected chi connectivity index (χ4v) is 3.05. The van der Waals surface area contributed by atoms with Crippen molar-refractivity contribution >= 4 is 24.3 Å². The first-order valence-electron chi connectivity index (χ1n) is 9.88. The highest BCUT2D eigenvalue weighted by Gasteiger charge is 2.24. The van der Waals surface area contributed by atoms with Gasteiger partial charge in [0.05, 0.1) is 19.3 Å². The van der Waals surface area contributed by atoms with E-state index in [1.54, 1.807) is 4.90 Å². The van der Waals surface area contributed by atoms with Gasteiger partial charge in [-0.2, -0.15) is 0 Å². The van der Waals surface area contributed by atoms with Crippen LogP contribution in [0.15, 0.2) is 30.3 Å². The summed E-state index contributed by atoms with van der Waals surface area (Å²) in [5.41, 5.74) is 6.94. The van der Waals surface area contributed by atoms with Crippen LogP contribution in [0.4, 0.5) is 4.79 Å². The Hall–Kier alpha value is -1.87. The number of carbonyl (C=O) groups is 2. The van der Waals surface area contributed by atoms with E-state index in [0.29, 0.717) is 45.7 Å². The van der Waals surface area contributed by atoms with Crippen LogP contribution in [0.2, 0.25) is 0 Å². The van der Waals surface area contributed by atoms with Crippen molar-refractivity contribution in [1.29, 1.82) is 0 Å². The Morgan fingerprint density at radius 3 is 2.52 bits per heavy atom. The molecule has 0 aliphatic carbocycles. The van der Waals surface area contributed by atoms with Gasteiger partial charge in [-0.25, -0.2) is 4.79 Å². The van der Waals surface area contributed by atoms with Crippen LogP contribution in [0.25, 0.3) is 0 Å². The number of nitrogens with two attached hydrogens (primary N) is 1. The van der Waals surface area contributed by atoms with E-state index in [0.717, 1.165) is 12.0 Å². The van der Waals surface area contributed by atoms with Crippen molar-refractivity contribution in [2.45, 2.75) is 44.4 Å². The fraction of sp³-hybridized carbons (Fsp3) is 0.600. The van der Waals surface area contributed by atoms with Crippen LogP contribution in [-0.2, 0) is 9.53 Å². The number of amides is 3. The van der Waals surface area contributed by atoms with Crippen LogP contribution in [0.5, 0.6) is 0 Å². The minimum absolute atomic E-state index is 0. The maximum atomic E-state index is 12.2. The Bertz CT molecular complexity index is 614. The predicted molar refractivity (Wildman–Crippen MR) is 114 cm³/mol. The summed E-state index contributed by atoms with van der Waals surface area (Å²) in [6.45, 7) is 4.77. The van der Waals surface area contributed by atoms with Crippen LogP contribution in [-0.4, -0.2) is 66.9 Å². The van der Waals surface area contributed by atoms with Gasteiger partial charge < -0.3 is 31.1 Å². The standard InChI is InChI=1S/C20H32N4O4.ClH/c1-15(16-7-3-2-4-8-16)23-19(26)18(25)17(21)9-5-6-10-22-20(27)24-11-13-28-14-12-24;/h2-4,7-8,15,17-18,25H,5-6,9-14,21H2,1H3,(H,22,27)(H,23,26);1H/t15-,17+,18?;/m1./s1. The summed E-state index contributed by atoms with van der Waals surface area (Å²) >= 11 is 0. The molecule has 5 N–H and O–H groups in total. The van der Waals surface area contributed by atoms with Crippen molar-refractivity contribution in [3.05, 3.63) is 35.9 Å². The number of rotatable bonds is 9. The zero-order chi connectivity index (χ0) is 20.4. The molecule has 1 aromatic rings. The topological polar surface area (TPSA) is 117 Å². The minimum atomic E-state index is -1.26. The lowest BCUT2D eigenvalue weighted by molar-refractivity contribution is -0.131. The first-order chi connectivity index (χ1) is 13.5. The van der Waals surface area contributed by atoms with Crippen LogP contribution in [0.1, 0.15) is 37.8 Å². The smallest absolute Gasteiger partial charge is 0.317 e. The average molecular weight is 429 g/mol. The lowest BCUT2D eigenvalue weighted by Crippen LogP contribution is -2.47. The summed E-state index contributed by atoms with van der Waals surface area (Å²) in [6.07, 6.45) is 0.692. The van der Waals surface area contributed by atoms with E-state index in [4.69, 9.17) is 10.5 Å². The molecule has 1 aliphatic heterocycles. The van der Waals surface area contributed by atoms with Crippen LogP contribution in [0.3, 0.4) is 0 Å². The quantitative estimate of drug-likeness (QED) is 0.441. The highest BCUT2D eigenvalue weighted by molar-refractivity contribution is 5.85. The van der Waals surface area contributed by atoms with Gasteiger partial charge in [-0.3, -0.25) is 4.79 Å². The Labute approximate surface area is 178 Å². The molecule has 8 nitrogen and oxygen atoms in total. The van der Waals surface area contributed by atoms with E-state index in [2.05, 4.69) is 10.6 Å². The second kappa shape index (κ2) is 13.4. The number of aliphatic hydroxyl groups excluding tert-OH is 1. The summed E-state index contributed by atoms with van der Waals surface area (Å²) in [5, 5.41) is 15.8. The van der Waals surface area contributed by atoms with E-state index in [1.165, 1.54) is 0 Å². The van der Waals surface area contributed by atoms with Gasteiger partial charge in [0.1, 0.15) is 6.10 Å². The SMILES string of the molecule is C[C@@H](NC(=O)C(O)[C@@H](N)CCCCNC(=O)N1CCOCC1)c1ccccc1.Cl. The van der Waals surface area contributed by atoms with Crippen molar-refractivity contribution in [2.24, 2.45) is 5.73 Å². The second-order valence-corrected chi connectivity index (χ2v) is 7.08. The molecule has 9 heteroatoms. The number of urea groups is 1. The van der Waals surface area contributed by atoms with Crippen molar-refractivity contribution in [2.75, 3.05) is 32.8 Å². The first-order valence-corrected chi connectivity index (χ1v) is 9.88. The van der Waals surface area contributed by atoms with Crippen molar-refractivity contribution in [3.8, 4) is 0 Å². The van der Waals surface area contributed by atoms with Gasteiger partial charge in [0, 0.05) is 25.7 Å². The molecule has 0 bridgehead atoms. The van der Waals surface area contributed by atoms with Crippen molar-refractivity contribution in [1.82, 2.24) is 15.5 Å². The van der Waals surface area contributed by atoms with E-state index in [9.17, 15) is 14.7 Å². The molecular weight excluding hydrogens is 396 g/mol. The summed E-state index contributed by atoms with van der Waals surface area (Å²) in [4.78, 5) is 25.9. The number of morpholine rings is 1. The molecule has 1 aromatic carbocycles. The molecule has 3 amide bonds. The monoisotopic (exact) mass is 428 g/mol. The largest absolute Gasteiger partial charge is 0.382 e. The highest BCUT2D eigenvalue weighted by atomic mass is 35.5. The molecule has 3 atom stereocenters. The average Bonchev–Trinajstić information content (AvgIpc) is 2.73. The number of aliphatic hydroxyl groups is 1. The van der Waals surface area contributed by atoms with Gasteiger partial charge in [0.25, 0.3) is 5.91 Å². The predicted octanol–water partition coefficient (Wildman–Crippen LogP) is 1.19. The molecule has 2 rings (SSSR count). The third-order valence-electron chi connectivity index (χ3n) is 4.87. The van der Waals surface area contributed by atoms with Crippen molar-refractivity contribution in [3.63, 3.8) is 0 Å². The molecule has 0 saturated carbocycles. The third-order valence-corrected chi connectivity index (χ3v) is 4.87. The van der Waals surface area contributed by atoms with Crippen LogP contribution < -0.4 is 16.4 Å². The van der Waals surface area contributed by atoms with E-state index < -0.39 is 18.1 Å². The molecule has 0 radical (unpaired) electrons. The number of ether oxygens (including phenoxy) is 1. The van der Waals surface area contributed by atoms with Gasteiger partial charge in [0.2, 0.25) is 0 Å². The number of hydrogen-bond acceptors (Lipinski definition) is 5. The molecule has 1 unspecified atom stereocenters. The molecule has 0 spiro atoms. The molecular formula is C20H33ClN4O4. The zero-order valence-corrected chi connectivity index (χ0v) is 17.7. The molecule has 1 fully saturated rings. The molecule has 1 heterocycles. The highest BCUT2D eigenvalue weighted by Crippen LogP contribution is 2.12. The van der Waals surface area contributed by atoms with Crippen molar-refractivity contribution < 1.29 is 19.4 Å². The first kappa shape index (κ1) is 25.2. The lowest BCUT2D eigenvalue weighted by atomic mass is 10.0. The maximum Gasteiger partial charge on any atom is 0.317 e. The fourth-order valence-electron chi connectivity index (χ4n) is 3.05. The Balaban J connectivity index is 0.00000420. The zero-order valence-electron chi connectivity index (χ0n) is 16.9. The number of benzene rings is 1. The van der Waals surface area contributed by atoms with Gasteiger partial charge in [-0.05, 0) is 25.3 Å². The minimum Gasteiger partial charge on any atom is -0.382 e. The summed E-state index contributed by atoms with van der Waals surface area (Å²) in [5.74, 6) is -0.468. The summed E-state index contributed by atoms with van der Waals surface area (Å²) < 4.78 is 5.22. The van der Waals surface area contributed by atoms with Gasteiger partial charge >= 0.3 is 6.03 Å². The molecule has 164 valence electrons. The van der Waals surface area contributed by atoms with E-state index in [1.807, 2.05) is 37.3 Å². The van der Waals surface area contributed by atoms with Gasteiger partial charge in [-0.15, -0.1) is 12.4 Å². The third kappa shape index (κ3) is 8.57. The van der Waals surface area contributed by atoms with Gasteiger partial charge in [0.15, 0.2) is 0 Å². The summed E-state index contributed by atoms with van der Waals surface area (Å²) in [6, 6.07) is 8.62. The molecule has 29 heavy (non-hydrogen) atoms. The Morgan fingerprint density at radius 1 is 1.21 bits per heavy atom. The van der Waals surface area contributed by atoms with E-state index >= 15 is 0 Å². The number of nitrogens with zero attached hydrogens (tertiary/aromatic N) is 1.